The molecule has 3 rings (SSSR count). The Hall–Kier alpha value is -2.62. The number of hydrogen-bond donors (Lipinski definition) is 1. The Balaban J connectivity index is 1.93. The molecule has 0 aliphatic carbocycles. The molecule has 0 aliphatic rings. The van der Waals surface area contributed by atoms with Crippen molar-refractivity contribution in [1.82, 2.24) is 5.32 Å². The van der Waals surface area contributed by atoms with E-state index in [1.807, 2.05) is 81.4 Å². The van der Waals surface area contributed by atoms with Crippen molar-refractivity contribution in [2.75, 3.05) is 0 Å². The summed E-state index contributed by atoms with van der Waals surface area (Å²) in [7, 11) is 0. The molecule has 0 aromatic heterocycles. The van der Waals surface area contributed by atoms with Gasteiger partial charge in [0.2, 0.25) is 0 Å². The van der Waals surface area contributed by atoms with Crippen molar-refractivity contribution in [1.29, 1.82) is 0 Å². The van der Waals surface area contributed by atoms with E-state index in [1.165, 1.54) is 0 Å². The molecule has 0 amide bonds. The van der Waals surface area contributed by atoms with Crippen molar-refractivity contribution in [3.8, 4) is 0 Å². The summed E-state index contributed by atoms with van der Waals surface area (Å²) in [4.78, 5) is 13.1. The molecule has 156 valence electrons. The second-order valence-electron chi connectivity index (χ2n) is 8.34. The average Bonchev–Trinajstić information content (AvgIpc) is 2.72. The van der Waals surface area contributed by atoms with E-state index in [0.717, 1.165) is 16.7 Å². The third-order valence-electron chi connectivity index (χ3n) is 4.68. The second kappa shape index (κ2) is 9.92. The molecule has 30 heavy (non-hydrogen) atoms. The first kappa shape index (κ1) is 22.1. The SMILES string of the molecule is CC(C)(C)OC(=O)C(Cc1ccc(Cl)cc1)NC(c1ccccc1)c1ccccc1. The molecule has 0 spiro atoms. The lowest BCUT2D eigenvalue weighted by Crippen LogP contribution is -2.44. The Morgan fingerprint density at radius 1 is 0.867 bits per heavy atom. The molecule has 0 fully saturated rings. The fraction of sp³-hybridized carbons (Fsp3) is 0.269. The summed E-state index contributed by atoms with van der Waals surface area (Å²) in [5.74, 6) is -0.269. The Kier molecular flexibility index (Phi) is 7.30. The van der Waals surface area contributed by atoms with Crippen molar-refractivity contribution in [3.05, 3.63) is 107 Å². The molecule has 0 aliphatic heterocycles. The van der Waals surface area contributed by atoms with Crippen LogP contribution in [0.1, 0.15) is 43.5 Å². The smallest absolute Gasteiger partial charge is 0.324 e. The van der Waals surface area contributed by atoms with E-state index in [4.69, 9.17) is 16.3 Å². The van der Waals surface area contributed by atoms with E-state index in [1.54, 1.807) is 0 Å². The zero-order chi connectivity index (χ0) is 21.6. The number of carbonyl (C=O) groups is 1. The van der Waals surface area contributed by atoms with E-state index in [2.05, 4.69) is 29.6 Å². The van der Waals surface area contributed by atoms with Crippen molar-refractivity contribution in [2.24, 2.45) is 0 Å². The summed E-state index contributed by atoms with van der Waals surface area (Å²) in [6, 6.07) is 27.2. The fourth-order valence-corrected chi connectivity index (χ4v) is 3.44. The van der Waals surface area contributed by atoms with E-state index in [9.17, 15) is 4.79 Å². The first-order valence-electron chi connectivity index (χ1n) is 10.1. The van der Waals surface area contributed by atoms with Gasteiger partial charge in [-0.25, -0.2) is 0 Å². The number of ether oxygens (including phenoxy) is 1. The van der Waals surface area contributed by atoms with Gasteiger partial charge in [0.15, 0.2) is 0 Å². The number of nitrogens with one attached hydrogen (secondary N) is 1. The van der Waals surface area contributed by atoms with E-state index in [-0.39, 0.29) is 12.0 Å². The van der Waals surface area contributed by atoms with E-state index >= 15 is 0 Å². The Bertz CT molecular complexity index is 895. The summed E-state index contributed by atoms with van der Waals surface area (Å²) in [5.41, 5.74) is 2.63. The van der Waals surface area contributed by atoms with Gasteiger partial charge in [-0.15, -0.1) is 0 Å². The highest BCUT2D eigenvalue weighted by Gasteiger charge is 2.28. The van der Waals surface area contributed by atoms with E-state index in [0.29, 0.717) is 11.4 Å². The van der Waals surface area contributed by atoms with E-state index < -0.39 is 11.6 Å². The maximum absolute atomic E-state index is 13.1. The number of hydrogen-bond acceptors (Lipinski definition) is 3. The lowest BCUT2D eigenvalue weighted by atomic mass is 9.96. The molecule has 1 atom stereocenters. The molecule has 1 N–H and O–H groups in total. The van der Waals surface area contributed by atoms with Gasteiger partial charge >= 0.3 is 5.97 Å². The number of esters is 1. The number of rotatable bonds is 7. The van der Waals surface area contributed by atoms with Crippen LogP contribution < -0.4 is 5.32 Å². The largest absolute Gasteiger partial charge is 0.459 e. The third-order valence-corrected chi connectivity index (χ3v) is 4.93. The topological polar surface area (TPSA) is 38.3 Å². The van der Waals surface area contributed by atoms with Crippen molar-refractivity contribution >= 4 is 17.6 Å². The highest BCUT2D eigenvalue weighted by molar-refractivity contribution is 6.30. The summed E-state index contributed by atoms with van der Waals surface area (Å²) in [5, 5.41) is 4.24. The van der Waals surface area contributed by atoms with Gasteiger partial charge in [-0.05, 0) is 56.0 Å². The zero-order valence-electron chi connectivity index (χ0n) is 17.6. The minimum atomic E-state index is -0.563. The van der Waals surface area contributed by atoms with Crippen LogP contribution in [0, 0.1) is 0 Å². The maximum Gasteiger partial charge on any atom is 0.324 e. The fourth-order valence-electron chi connectivity index (χ4n) is 3.32. The molecular formula is C26H28ClNO2. The first-order valence-corrected chi connectivity index (χ1v) is 10.5. The highest BCUT2D eigenvalue weighted by atomic mass is 35.5. The Morgan fingerprint density at radius 3 is 1.83 bits per heavy atom. The Morgan fingerprint density at radius 2 is 1.37 bits per heavy atom. The lowest BCUT2D eigenvalue weighted by Gasteiger charge is -2.29. The van der Waals surface area contributed by atoms with Gasteiger partial charge in [-0.1, -0.05) is 84.4 Å². The van der Waals surface area contributed by atoms with Crippen molar-refractivity contribution in [2.45, 2.75) is 44.9 Å². The third kappa shape index (κ3) is 6.45. The lowest BCUT2D eigenvalue weighted by molar-refractivity contribution is -0.157. The number of halogens is 1. The predicted molar refractivity (Wildman–Crippen MR) is 123 cm³/mol. The summed E-state index contributed by atoms with van der Waals surface area (Å²) < 4.78 is 5.74. The summed E-state index contributed by atoms with van der Waals surface area (Å²) in [6.45, 7) is 5.66. The Labute approximate surface area is 184 Å². The molecule has 0 radical (unpaired) electrons. The van der Waals surface area contributed by atoms with Gasteiger partial charge in [0, 0.05) is 5.02 Å². The highest BCUT2D eigenvalue weighted by Crippen LogP contribution is 2.24. The number of benzene rings is 3. The van der Waals surface area contributed by atoms with Crippen LogP contribution in [-0.4, -0.2) is 17.6 Å². The van der Waals surface area contributed by atoms with Crippen LogP contribution in [0.2, 0.25) is 5.02 Å². The van der Waals surface area contributed by atoms with Crippen LogP contribution in [0.3, 0.4) is 0 Å². The van der Waals surface area contributed by atoms with Gasteiger partial charge in [-0.3, -0.25) is 10.1 Å². The quantitative estimate of drug-likeness (QED) is 0.477. The van der Waals surface area contributed by atoms with Crippen molar-refractivity contribution < 1.29 is 9.53 Å². The molecule has 3 nitrogen and oxygen atoms in total. The predicted octanol–water partition coefficient (Wildman–Crippen LogP) is 5.97. The maximum atomic E-state index is 13.1. The molecule has 0 bridgehead atoms. The molecule has 3 aromatic rings. The molecule has 1 unspecified atom stereocenters. The minimum absolute atomic E-state index is 0.141. The van der Waals surface area contributed by atoms with Gasteiger partial charge in [0.1, 0.15) is 11.6 Å². The monoisotopic (exact) mass is 421 g/mol. The van der Waals surface area contributed by atoms with Gasteiger partial charge in [-0.2, -0.15) is 0 Å². The van der Waals surface area contributed by atoms with Crippen LogP contribution in [0.15, 0.2) is 84.9 Å². The molecule has 3 aromatic carbocycles. The summed E-state index contributed by atoms with van der Waals surface area (Å²) in [6.07, 6.45) is 0.502. The average molecular weight is 422 g/mol. The van der Waals surface area contributed by atoms with Crippen LogP contribution >= 0.6 is 11.6 Å². The van der Waals surface area contributed by atoms with Gasteiger partial charge in [0.25, 0.3) is 0 Å². The molecule has 4 heteroatoms. The van der Waals surface area contributed by atoms with Crippen LogP contribution in [0.25, 0.3) is 0 Å². The summed E-state index contributed by atoms with van der Waals surface area (Å²) >= 11 is 6.04. The van der Waals surface area contributed by atoms with Crippen molar-refractivity contribution in [3.63, 3.8) is 0 Å². The zero-order valence-corrected chi connectivity index (χ0v) is 18.4. The standard InChI is InChI=1S/C26H28ClNO2/c1-26(2,3)30-25(29)23(18-19-14-16-22(27)17-15-19)28-24(20-10-6-4-7-11-20)21-12-8-5-9-13-21/h4-17,23-24,28H,18H2,1-3H3. The molecule has 0 saturated carbocycles. The molecule has 0 saturated heterocycles. The molecule has 0 heterocycles. The van der Waals surface area contributed by atoms with Gasteiger partial charge < -0.3 is 4.74 Å². The van der Waals surface area contributed by atoms with Crippen LogP contribution in [0.4, 0.5) is 0 Å². The molecular weight excluding hydrogens is 394 g/mol. The normalized spacial score (nSPS) is 12.6. The minimum Gasteiger partial charge on any atom is -0.459 e. The first-order chi connectivity index (χ1) is 14.3. The van der Waals surface area contributed by atoms with Gasteiger partial charge in [0.05, 0.1) is 6.04 Å². The number of carbonyl (C=O) groups excluding carboxylic acids is 1. The van der Waals surface area contributed by atoms with Crippen LogP contribution in [-0.2, 0) is 16.0 Å². The van der Waals surface area contributed by atoms with Crippen LogP contribution in [0.5, 0.6) is 0 Å². The second-order valence-corrected chi connectivity index (χ2v) is 8.77.